The summed E-state index contributed by atoms with van der Waals surface area (Å²) in [5, 5.41) is 11.6. The van der Waals surface area contributed by atoms with Crippen molar-refractivity contribution in [3.63, 3.8) is 0 Å². The van der Waals surface area contributed by atoms with Gasteiger partial charge in [0.15, 0.2) is 0 Å². The van der Waals surface area contributed by atoms with Crippen molar-refractivity contribution in [1.82, 2.24) is 15.1 Å². The van der Waals surface area contributed by atoms with Gasteiger partial charge >= 0.3 is 5.97 Å². The van der Waals surface area contributed by atoms with Gasteiger partial charge in [0.2, 0.25) is 17.7 Å². The van der Waals surface area contributed by atoms with Crippen LogP contribution in [0, 0.1) is 0 Å². The Morgan fingerprint density at radius 3 is 2.31 bits per heavy atom. The number of likely N-dealkylation sites (tertiary alicyclic amines) is 2. The van der Waals surface area contributed by atoms with E-state index in [0.29, 0.717) is 45.2 Å². The molecule has 3 rings (SSSR count). The maximum absolute atomic E-state index is 13.3. The highest BCUT2D eigenvalue weighted by Crippen LogP contribution is 2.26. The summed E-state index contributed by atoms with van der Waals surface area (Å²) in [5.74, 6) is -2.28. The Bertz CT molecular complexity index is 852. The number of benzene rings is 1. The highest BCUT2D eigenvalue weighted by molar-refractivity contribution is 7.80. The summed E-state index contributed by atoms with van der Waals surface area (Å²) in [4.78, 5) is 53.3. The molecule has 0 aliphatic carbocycles. The third-order valence-corrected chi connectivity index (χ3v) is 6.44. The fourth-order valence-corrected chi connectivity index (χ4v) is 4.65. The first-order valence-corrected chi connectivity index (χ1v) is 11.5. The molecule has 0 bridgehead atoms. The molecular formula is C22H30N4O5S. The highest BCUT2D eigenvalue weighted by atomic mass is 32.1. The smallest absolute Gasteiger partial charge is 0.327 e. The predicted octanol–water partition coefficient (Wildman–Crippen LogP) is 0.0376. The molecule has 4 N–H and O–H groups in total. The van der Waals surface area contributed by atoms with E-state index in [1.807, 2.05) is 30.3 Å². The molecule has 10 heteroatoms. The fourth-order valence-electron chi connectivity index (χ4n) is 4.40. The minimum atomic E-state index is -1.18. The number of rotatable bonds is 8. The quantitative estimate of drug-likeness (QED) is 0.403. The van der Waals surface area contributed by atoms with Crippen molar-refractivity contribution in [2.75, 3.05) is 18.8 Å². The summed E-state index contributed by atoms with van der Waals surface area (Å²) in [6.45, 7) is 0.841. The lowest BCUT2D eigenvalue weighted by atomic mass is 10.0. The summed E-state index contributed by atoms with van der Waals surface area (Å²) < 4.78 is 0. The zero-order valence-electron chi connectivity index (χ0n) is 17.9. The number of nitrogens with one attached hydrogen (secondary N) is 1. The molecule has 4 unspecified atom stereocenters. The van der Waals surface area contributed by atoms with Crippen LogP contribution in [0.5, 0.6) is 0 Å². The van der Waals surface area contributed by atoms with E-state index in [9.17, 15) is 19.2 Å². The Hall–Kier alpha value is -2.59. The van der Waals surface area contributed by atoms with Gasteiger partial charge in [-0.05, 0) is 37.7 Å². The van der Waals surface area contributed by atoms with Crippen molar-refractivity contribution < 1.29 is 24.3 Å². The average molecular weight is 463 g/mol. The molecule has 0 spiro atoms. The van der Waals surface area contributed by atoms with Crippen molar-refractivity contribution in [2.45, 2.75) is 56.3 Å². The summed E-state index contributed by atoms with van der Waals surface area (Å²) in [7, 11) is 0. The molecule has 32 heavy (non-hydrogen) atoms. The lowest BCUT2D eigenvalue weighted by Crippen LogP contribution is -2.56. The lowest BCUT2D eigenvalue weighted by Gasteiger charge is -2.32. The Morgan fingerprint density at radius 1 is 1.06 bits per heavy atom. The maximum Gasteiger partial charge on any atom is 0.327 e. The molecule has 1 aromatic rings. The van der Waals surface area contributed by atoms with E-state index in [-0.39, 0.29) is 17.6 Å². The topological polar surface area (TPSA) is 133 Å². The van der Waals surface area contributed by atoms with Gasteiger partial charge in [-0.2, -0.15) is 12.6 Å². The number of amides is 3. The number of carboxylic acids is 1. The zero-order chi connectivity index (χ0) is 23.3. The van der Waals surface area contributed by atoms with Gasteiger partial charge in [-0.25, -0.2) is 4.79 Å². The molecular weight excluding hydrogens is 432 g/mol. The van der Waals surface area contributed by atoms with Crippen molar-refractivity contribution in [1.29, 1.82) is 0 Å². The van der Waals surface area contributed by atoms with E-state index in [0.717, 1.165) is 5.56 Å². The molecule has 1 aromatic carbocycles. The standard InChI is InChI=1S/C22H30N4O5S/c23-15(12-14-6-2-1-3-7-14)20(28)26-11-5-9-18(26)21(29)25-10-4-8-17(25)19(27)24-16(13-32)22(30)31/h1-3,6-7,15-18,32H,4-5,8-13,23H2,(H,24,27)(H,30,31). The highest BCUT2D eigenvalue weighted by Gasteiger charge is 2.43. The maximum atomic E-state index is 13.3. The summed E-state index contributed by atoms with van der Waals surface area (Å²) in [5.41, 5.74) is 7.12. The van der Waals surface area contributed by atoms with Gasteiger partial charge in [0, 0.05) is 18.8 Å². The molecule has 2 aliphatic rings. The van der Waals surface area contributed by atoms with Gasteiger partial charge in [-0.1, -0.05) is 30.3 Å². The Labute approximate surface area is 192 Å². The van der Waals surface area contributed by atoms with Gasteiger partial charge in [0.05, 0.1) is 6.04 Å². The summed E-state index contributed by atoms with van der Waals surface area (Å²) in [6, 6.07) is 6.19. The van der Waals surface area contributed by atoms with Crippen molar-refractivity contribution in [3.05, 3.63) is 35.9 Å². The molecule has 174 valence electrons. The molecule has 2 aliphatic heterocycles. The second-order valence-electron chi connectivity index (χ2n) is 8.26. The molecule has 9 nitrogen and oxygen atoms in total. The van der Waals surface area contributed by atoms with Crippen molar-refractivity contribution in [2.24, 2.45) is 5.73 Å². The van der Waals surface area contributed by atoms with E-state index in [2.05, 4.69) is 17.9 Å². The monoisotopic (exact) mass is 462 g/mol. The van der Waals surface area contributed by atoms with Crippen LogP contribution in [0.2, 0.25) is 0 Å². The summed E-state index contributed by atoms with van der Waals surface area (Å²) >= 11 is 3.96. The van der Waals surface area contributed by atoms with E-state index < -0.39 is 36.0 Å². The number of hydrogen-bond acceptors (Lipinski definition) is 6. The van der Waals surface area contributed by atoms with E-state index >= 15 is 0 Å². The van der Waals surface area contributed by atoms with Gasteiger partial charge in [0.25, 0.3) is 0 Å². The van der Waals surface area contributed by atoms with Gasteiger partial charge < -0.3 is 26.0 Å². The minimum absolute atomic E-state index is 0.0497. The SMILES string of the molecule is NC(Cc1ccccc1)C(=O)N1CCCC1C(=O)N1CCCC1C(=O)NC(CS)C(=O)O. The van der Waals surface area contributed by atoms with Gasteiger partial charge in [0.1, 0.15) is 18.1 Å². The molecule has 2 heterocycles. The first-order chi connectivity index (χ1) is 15.3. The van der Waals surface area contributed by atoms with Crippen LogP contribution < -0.4 is 11.1 Å². The van der Waals surface area contributed by atoms with Crippen LogP contribution in [0.4, 0.5) is 0 Å². The first-order valence-electron chi connectivity index (χ1n) is 10.9. The molecule has 3 amide bonds. The minimum Gasteiger partial charge on any atom is -0.480 e. The van der Waals surface area contributed by atoms with E-state index in [1.54, 1.807) is 0 Å². The number of thiol groups is 1. The van der Waals surface area contributed by atoms with E-state index in [1.165, 1.54) is 9.80 Å². The molecule has 2 saturated heterocycles. The van der Waals surface area contributed by atoms with Gasteiger partial charge in [-0.15, -0.1) is 0 Å². The van der Waals surface area contributed by atoms with Crippen molar-refractivity contribution >= 4 is 36.3 Å². The number of aliphatic carboxylic acids is 1. The average Bonchev–Trinajstić information content (AvgIpc) is 3.46. The third kappa shape index (κ3) is 5.42. The number of carbonyl (C=O) groups excluding carboxylic acids is 3. The van der Waals surface area contributed by atoms with Gasteiger partial charge in [-0.3, -0.25) is 14.4 Å². The summed E-state index contributed by atoms with van der Waals surface area (Å²) in [6.07, 6.45) is 2.67. The molecule has 0 aromatic heterocycles. The van der Waals surface area contributed by atoms with Crippen LogP contribution in [-0.4, -0.2) is 81.6 Å². The van der Waals surface area contributed by atoms with Crippen molar-refractivity contribution in [3.8, 4) is 0 Å². The normalized spacial score (nSPS) is 22.4. The largest absolute Gasteiger partial charge is 0.480 e. The molecule has 2 fully saturated rings. The van der Waals surface area contributed by atoms with Crippen LogP contribution in [0.1, 0.15) is 31.2 Å². The van der Waals surface area contributed by atoms with Crippen LogP contribution in [-0.2, 0) is 25.6 Å². The number of nitrogens with zero attached hydrogens (tertiary/aromatic N) is 2. The zero-order valence-corrected chi connectivity index (χ0v) is 18.7. The van der Waals surface area contributed by atoms with Crippen LogP contribution in [0.25, 0.3) is 0 Å². The first kappa shape index (κ1) is 24.1. The number of nitrogens with two attached hydrogens (primary N) is 1. The fraction of sp³-hybridized carbons (Fsp3) is 0.545. The molecule has 0 saturated carbocycles. The number of carbonyl (C=O) groups is 4. The molecule has 0 radical (unpaired) electrons. The molecule has 4 atom stereocenters. The Balaban J connectivity index is 1.66. The van der Waals surface area contributed by atoms with Crippen LogP contribution in [0.3, 0.4) is 0 Å². The number of carboxylic acid groups (broad SMARTS) is 1. The third-order valence-electron chi connectivity index (χ3n) is 6.07. The van der Waals surface area contributed by atoms with Crippen LogP contribution >= 0.6 is 12.6 Å². The predicted molar refractivity (Wildman–Crippen MR) is 121 cm³/mol. The van der Waals surface area contributed by atoms with Crippen LogP contribution in [0.15, 0.2) is 30.3 Å². The lowest BCUT2D eigenvalue weighted by molar-refractivity contribution is -0.148. The van der Waals surface area contributed by atoms with E-state index in [4.69, 9.17) is 10.8 Å². The second kappa shape index (κ2) is 10.8. The Morgan fingerprint density at radius 2 is 1.69 bits per heavy atom. The second-order valence-corrected chi connectivity index (χ2v) is 8.62. The number of hydrogen-bond donors (Lipinski definition) is 4. The Kier molecular flexibility index (Phi) is 8.14.